The summed E-state index contributed by atoms with van der Waals surface area (Å²) in [5, 5.41) is 14.4. The van der Waals surface area contributed by atoms with E-state index in [0.29, 0.717) is 0 Å². The van der Waals surface area contributed by atoms with Crippen LogP contribution >= 0.6 is 0 Å². The fourth-order valence-corrected chi connectivity index (χ4v) is 6.11. The van der Waals surface area contributed by atoms with Gasteiger partial charge in [0.25, 0.3) is 0 Å². The predicted octanol–water partition coefficient (Wildman–Crippen LogP) is 10.8. The number of fused-ring (bicyclic) bond motifs is 7. The molecule has 0 aliphatic heterocycles. The number of allylic oxidation sites excluding steroid dienone is 2. The maximum absolute atomic E-state index is 12.0. The summed E-state index contributed by atoms with van der Waals surface area (Å²) in [4.78, 5) is 28.3. The van der Waals surface area contributed by atoms with E-state index in [0.717, 1.165) is 22.2 Å². The average Bonchev–Trinajstić information content (AvgIpc) is 3.22. The van der Waals surface area contributed by atoms with E-state index in [1.54, 1.807) is 6.92 Å². The smallest absolute Gasteiger partial charge is 0.164 e. The third-order valence-electron chi connectivity index (χ3n) is 8.94. The van der Waals surface area contributed by atoms with E-state index in [2.05, 4.69) is 81.4 Å². The second kappa shape index (κ2) is 12.9. The number of aliphatic hydroxyl groups is 1. The Balaban J connectivity index is 0.000000307. The topological polar surface area (TPSA) is 67.3 Å². The number of aromatic nitrogens is 1. The Hall–Kier alpha value is -3.92. The Bertz CT molecular complexity index is 2060. The van der Waals surface area contributed by atoms with Gasteiger partial charge in [0.2, 0.25) is 0 Å². The SMILES string of the molecule is CC(=O)c1ccc2c(c1)C(C)(C)c1c-2ccc2c1ccc1c(-c3[c-]ccc(C)c3)nccc12.CC(C)(C)C(=O)/C=C(\O)C(C)(C)C.[Ir]. The molecule has 1 aliphatic rings. The van der Waals surface area contributed by atoms with Crippen molar-refractivity contribution in [3.63, 3.8) is 0 Å². The minimum atomic E-state index is -0.417. The van der Waals surface area contributed by atoms with E-state index >= 15 is 0 Å². The van der Waals surface area contributed by atoms with Crippen LogP contribution in [0, 0.1) is 23.8 Å². The molecule has 1 aromatic heterocycles. The number of aryl methyl sites for hydroxylation is 1. The van der Waals surface area contributed by atoms with Crippen LogP contribution in [0.5, 0.6) is 0 Å². The normalized spacial score (nSPS) is 13.7. The molecular weight excluding hydrogens is 759 g/mol. The van der Waals surface area contributed by atoms with Crippen LogP contribution < -0.4 is 0 Å². The van der Waals surface area contributed by atoms with Gasteiger partial charge in [0.05, 0.1) is 0 Å². The van der Waals surface area contributed by atoms with E-state index in [4.69, 9.17) is 4.98 Å². The molecule has 1 aliphatic carbocycles. The van der Waals surface area contributed by atoms with Crippen molar-refractivity contribution < 1.29 is 34.8 Å². The third kappa shape index (κ3) is 6.89. The molecule has 0 amide bonds. The van der Waals surface area contributed by atoms with Crippen LogP contribution in [0.1, 0.15) is 89.4 Å². The summed E-state index contributed by atoms with van der Waals surface area (Å²) in [5.41, 5.74) is 8.05. The molecular formula is C42H44IrNO3-. The maximum Gasteiger partial charge on any atom is 0.164 e. The standard InChI is InChI=1S/C31H24NO.C11H20O2.Ir/c1-18-6-5-7-21(16-18)30-27-13-12-25-22(23(27)14-15-32-30)10-11-26-24-9-8-20(19(2)33)17-28(24)31(3,4)29(25)26;1-10(2,3)8(12)7-9(13)11(4,5)6;/h5-6,8-17H,1-4H3;7,12H,1-6H3;/q-1;;/b;8-7-;. The molecule has 0 saturated carbocycles. The van der Waals surface area contributed by atoms with Crippen LogP contribution in [0.3, 0.4) is 0 Å². The Morgan fingerprint density at radius 2 is 1.43 bits per heavy atom. The van der Waals surface area contributed by atoms with Crippen molar-refractivity contribution in [3.05, 3.63) is 113 Å². The number of rotatable bonds is 3. The van der Waals surface area contributed by atoms with Gasteiger partial charge in [0.15, 0.2) is 11.6 Å². The zero-order chi connectivity index (χ0) is 33.8. The number of hydrogen-bond donors (Lipinski definition) is 1. The number of Topliss-reactive ketones (excluding diaryl/α,β-unsaturated/α-hetero) is 1. The molecule has 1 heterocycles. The van der Waals surface area contributed by atoms with Gasteiger partial charge in [-0.1, -0.05) is 98.7 Å². The van der Waals surface area contributed by atoms with Gasteiger partial charge in [-0.2, -0.15) is 0 Å². The fourth-order valence-electron chi connectivity index (χ4n) is 6.11. The Morgan fingerprint density at radius 3 is 2.04 bits per heavy atom. The molecule has 5 aromatic rings. The van der Waals surface area contributed by atoms with Crippen molar-refractivity contribution in [2.24, 2.45) is 10.8 Å². The van der Waals surface area contributed by atoms with E-state index in [1.807, 2.05) is 59.9 Å². The van der Waals surface area contributed by atoms with Crippen molar-refractivity contribution >= 4 is 33.1 Å². The number of carbonyl (C=O) groups excluding carboxylic acids is 2. The van der Waals surface area contributed by atoms with E-state index in [-0.39, 0.29) is 48.3 Å². The van der Waals surface area contributed by atoms with Crippen LogP contribution in [0.4, 0.5) is 0 Å². The molecule has 0 spiro atoms. The molecule has 245 valence electrons. The van der Waals surface area contributed by atoms with Crippen molar-refractivity contribution in [1.29, 1.82) is 0 Å². The van der Waals surface area contributed by atoms with Crippen molar-refractivity contribution in [3.8, 4) is 22.4 Å². The summed E-state index contributed by atoms with van der Waals surface area (Å²) in [7, 11) is 0. The van der Waals surface area contributed by atoms with Gasteiger partial charge in [0.1, 0.15) is 5.76 Å². The molecule has 47 heavy (non-hydrogen) atoms. The molecule has 0 saturated heterocycles. The van der Waals surface area contributed by atoms with Crippen molar-refractivity contribution in [2.75, 3.05) is 0 Å². The van der Waals surface area contributed by atoms with Crippen LogP contribution in [0.2, 0.25) is 0 Å². The molecule has 1 radical (unpaired) electrons. The summed E-state index contributed by atoms with van der Waals surface area (Å²) in [5.74, 6) is 0.209. The second-order valence-electron chi connectivity index (χ2n) is 15.0. The number of pyridine rings is 1. The van der Waals surface area contributed by atoms with Crippen LogP contribution in [0.15, 0.2) is 84.8 Å². The first-order chi connectivity index (χ1) is 21.4. The summed E-state index contributed by atoms with van der Waals surface area (Å²) < 4.78 is 0. The minimum absolute atomic E-state index is 0. The van der Waals surface area contributed by atoms with Crippen molar-refractivity contribution in [1.82, 2.24) is 4.98 Å². The average molecular weight is 803 g/mol. The third-order valence-corrected chi connectivity index (χ3v) is 8.94. The van der Waals surface area contributed by atoms with E-state index in [9.17, 15) is 14.7 Å². The molecule has 4 nitrogen and oxygen atoms in total. The number of ketones is 2. The summed E-state index contributed by atoms with van der Waals surface area (Å²) in [6.45, 7) is 19.4. The maximum atomic E-state index is 12.0. The Kier molecular flexibility index (Phi) is 9.89. The van der Waals surface area contributed by atoms with Gasteiger partial charge in [-0.15, -0.1) is 35.4 Å². The number of benzene rings is 4. The van der Waals surface area contributed by atoms with E-state index in [1.165, 1.54) is 50.1 Å². The molecule has 0 unspecified atom stereocenters. The monoisotopic (exact) mass is 803 g/mol. The van der Waals surface area contributed by atoms with Crippen LogP contribution in [0.25, 0.3) is 43.9 Å². The van der Waals surface area contributed by atoms with Gasteiger partial charge in [-0.3, -0.25) is 9.59 Å². The number of carbonyl (C=O) groups is 2. The quantitative estimate of drug-likeness (QED) is 0.0649. The first-order valence-corrected chi connectivity index (χ1v) is 15.9. The van der Waals surface area contributed by atoms with Gasteiger partial charge >= 0.3 is 0 Å². The first kappa shape index (κ1) is 35.9. The van der Waals surface area contributed by atoms with Gasteiger partial charge < -0.3 is 10.1 Å². The second-order valence-corrected chi connectivity index (χ2v) is 15.0. The molecule has 0 atom stereocenters. The zero-order valence-electron chi connectivity index (χ0n) is 29.0. The predicted molar refractivity (Wildman–Crippen MR) is 190 cm³/mol. The number of hydrogen-bond acceptors (Lipinski definition) is 4. The van der Waals surface area contributed by atoms with Gasteiger partial charge in [-0.25, -0.2) is 0 Å². The number of aliphatic hydroxyl groups excluding tert-OH is 1. The van der Waals surface area contributed by atoms with E-state index < -0.39 is 5.41 Å². The van der Waals surface area contributed by atoms with Gasteiger partial charge in [0, 0.05) is 54.2 Å². The van der Waals surface area contributed by atoms with Crippen molar-refractivity contribution in [2.45, 2.75) is 74.7 Å². The molecule has 0 bridgehead atoms. The zero-order valence-corrected chi connectivity index (χ0v) is 31.4. The first-order valence-electron chi connectivity index (χ1n) is 15.9. The molecule has 5 heteroatoms. The summed E-state index contributed by atoms with van der Waals surface area (Å²) in [6.07, 6.45) is 3.24. The summed E-state index contributed by atoms with van der Waals surface area (Å²) >= 11 is 0. The Labute approximate surface area is 292 Å². The molecule has 1 N–H and O–H groups in total. The number of nitrogens with zero attached hydrogens (tertiary/aromatic N) is 1. The molecule has 4 aromatic carbocycles. The van der Waals surface area contributed by atoms with Gasteiger partial charge in [-0.05, 0) is 68.5 Å². The van der Waals surface area contributed by atoms with Crippen LogP contribution in [-0.2, 0) is 30.3 Å². The largest absolute Gasteiger partial charge is 0.512 e. The molecule has 0 fully saturated rings. The summed E-state index contributed by atoms with van der Waals surface area (Å²) in [6, 6.07) is 26.7. The fraction of sp³-hybridized carbons (Fsp3) is 0.310. The Morgan fingerprint density at radius 1 is 0.809 bits per heavy atom. The minimum Gasteiger partial charge on any atom is -0.512 e. The van der Waals surface area contributed by atoms with Crippen LogP contribution in [-0.4, -0.2) is 21.7 Å². The molecule has 6 rings (SSSR count).